The van der Waals surface area contributed by atoms with Gasteiger partial charge >= 0.3 is 0 Å². The first-order valence-corrected chi connectivity index (χ1v) is 8.11. The zero-order valence-electron chi connectivity index (χ0n) is 12.2. The molecule has 0 saturated carbocycles. The van der Waals surface area contributed by atoms with Crippen LogP contribution in [0.15, 0.2) is 53.6 Å². The molecule has 22 heavy (non-hydrogen) atoms. The number of benzene rings is 1. The predicted molar refractivity (Wildman–Crippen MR) is 86.8 cm³/mol. The number of hydrogen-bond donors (Lipinski definition) is 1. The van der Waals surface area contributed by atoms with E-state index < -0.39 is 0 Å². The summed E-state index contributed by atoms with van der Waals surface area (Å²) in [5, 5.41) is 9.57. The van der Waals surface area contributed by atoms with Crippen molar-refractivity contribution in [2.24, 2.45) is 0 Å². The second-order valence-corrected chi connectivity index (χ2v) is 5.58. The molecule has 3 aromatic rings. The lowest BCUT2D eigenvalue weighted by atomic mass is 10.2. The van der Waals surface area contributed by atoms with Gasteiger partial charge in [0, 0.05) is 30.9 Å². The van der Waals surface area contributed by atoms with E-state index in [0.717, 1.165) is 31.1 Å². The third-order valence-electron chi connectivity index (χ3n) is 3.20. The van der Waals surface area contributed by atoms with Gasteiger partial charge in [0.2, 0.25) is 0 Å². The van der Waals surface area contributed by atoms with Crippen LogP contribution in [0.4, 0.5) is 0 Å². The summed E-state index contributed by atoms with van der Waals surface area (Å²) in [6.07, 6.45) is 3.76. The second-order valence-electron chi connectivity index (χ2n) is 4.86. The maximum atomic E-state index is 5.69. The smallest absolute Gasteiger partial charge is 0.131 e. The fourth-order valence-corrected chi connectivity index (χ4v) is 2.57. The molecule has 0 radical (unpaired) electrons. The Morgan fingerprint density at radius 1 is 1.23 bits per heavy atom. The molecule has 0 amide bonds. The van der Waals surface area contributed by atoms with Gasteiger partial charge in [-0.15, -0.1) is 11.3 Å². The monoisotopic (exact) mass is 314 g/mol. The maximum Gasteiger partial charge on any atom is 0.131 e. The average molecular weight is 314 g/mol. The van der Waals surface area contributed by atoms with Gasteiger partial charge in [0.05, 0.1) is 17.7 Å². The zero-order chi connectivity index (χ0) is 15.0. The Hall–Kier alpha value is -2.18. The lowest BCUT2D eigenvalue weighted by Crippen LogP contribution is -2.19. The minimum absolute atomic E-state index is 0.519. The molecular weight excluding hydrogens is 296 g/mol. The molecule has 3 rings (SSSR count). The predicted octanol–water partition coefficient (Wildman–Crippen LogP) is 2.71. The number of ether oxygens (including phenoxy) is 1. The van der Waals surface area contributed by atoms with Gasteiger partial charge in [0.25, 0.3) is 0 Å². The normalized spacial score (nSPS) is 10.7. The van der Waals surface area contributed by atoms with Crippen molar-refractivity contribution in [1.29, 1.82) is 0 Å². The van der Waals surface area contributed by atoms with Crippen LogP contribution in [-0.2, 0) is 19.7 Å². The van der Waals surface area contributed by atoms with E-state index in [1.165, 1.54) is 5.56 Å². The Bertz CT molecular complexity index is 650. The Labute approximate surface area is 133 Å². The van der Waals surface area contributed by atoms with Crippen LogP contribution in [0.25, 0.3) is 0 Å². The van der Waals surface area contributed by atoms with Gasteiger partial charge in [0.15, 0.2) is 0 Å². The maximum absolute atomic E-state index is 5.69. The van der Waals surface area contributed by atoms with Crippen molar-refractivity contribution in [1.82, 2.24) is 20.1 Å². The van der Waals surface area contributed by atoms with Gasteiger partial charge in [-0.2, -0.15) is 5.10 Å². The zero-order valence-corrected chi connectivity index (χ0v) is 13.0. The standard InChI is InChI=1S/C16H18N4OS/c1-6-19-20(8-1)9-7-17-10-14-2-4-16(5-3-14)21-11-15-12-22-13-18-15/h1-6,8,12-13,17H,7,9-11H2. The van der Waals surface area contributed by atoms with Crippen molar-refractivity contribution in [3.63, 3.8) is 0 Å². The number of thiazole rings is 1. The highest BCUT2D eigenvalue weighted by atomic mass is 32.1. The van der Waals surface area contributed by atoms with Crippen LogP contribution in [0, 0.1) is 0 Å². The van der Waals surface area contributed by atoms with Gasteiger partial charge in [0.1, 0.15) is 12.4 Å². The molecule has 0 aliphatic rings. The van der Waals surface area contributed by atoms with Gasteiger partial charge in [-0.05, 0) is 23.8 Å². The van der Waals surface area contributed by atoms with Crippen molar-refractivity contribution in [3.8, 4) is 5.75 Å². The first-order valence-electron chi connectivity index (χ1n) is 7.17. The topological polar surface area (TPSA) is 52.0 Å². The molecule has 0 aliphatic carbocycles. The summed E-state index contributed by atoms with van der Waals surface area (Å²) in [5.74, 6) is 0.869. The number of rotatable bonds is 8. The molecule has 0 unspecified atom stereocenters. The van der Waals surface area contributed by atoms with E-state index in [0.29, 0.717) is 6.61 Å². The van der Waals surface area contributed by atoms with E-state index in [4.69, 9.17) is 4.74 Å². The van der Waals surface area contributed by atoms with Crippen molar-refractivity contribution < 1.29 is 4.74 Å². The molecule has 1 aromatic carbocycles. The molecule has 2 heterocycles. The minimum atomic E-state index is 0.519. The molecule has 6 heteroatoms. The van der Waals surface area contributed by atoms with Gasteiger partial charge < -0.3 is 10.1 Å². The summed E-state index contributed by atoms with van der Waals surface area (Å²) < 4.78 is 7.61. The summed E-state index contributed by atoms with van der Waals surface area (Å²) in [6, 6.07) is 10.1. The van der Waals surface area contributed by atoms with Crippen LogP contribution >= 0.6 is 11.3 Å². The molecule has 5 nitrogen and oxygen atoms in total. The van der Waals surface area contributed by atoms with Crippen LogP contribution in [0.2, 0.25) is 0 Å². The van der Waals surface area contributed by atoms with E-state index in [-0.39, 0.29) is 0 Å². The first kappa shape index (κ1) is 14.7. The molecule has 0 bridgehead atoms. The molecule has 114 valence electrons. The van der Waals surface area contributed by atoms with Gasteiger partial charge in [-0.25, -0.2) is 4.98 Å². The Kier molecular flexibility index (Phi) is 5.18. The number of nitrogens with zero attached hydrogens (tertiary/aromatic N) is 3. The fourth-order valence-electron chi connectivity index (χ4n) is 2.03. The van der Waals surface area contributed by atoms with Gasteiger partial charge in [-0.3, -0.25) is 4.68 Å². The highest BCUT2D eigenvalue weighted by molar-refractivity contribution is 7.07. The minimum Gasteiger partial charge on any atom is -0.487 e. The first-order chi connectivity index (χ1) is 10.9. The molecular formula is C16H18N4OS. The van der Waals surface area contributed by atoms with Crippen molar-refractivity contribution >= 4 is 11.3 Å². The van der Waals surface area contributed by atoms with Crippen LogP contribution in [0.5, 0.6) is 5.75 Å². The fraction of sp³-hybridized carbons (Fsp3) is 0.250. The molecule has 0 fully saturated rings. The lowest BCUT2D eigenvalue weighted by molar-refractivity contribution is 0.302. The molecule has 2 aromatic heterocycles. The second kappa shape index (κ2) is 7.72. The third kappa shape index (κ3) is 4.41. The Morgan fingerprint density at radius 3 is 2.86 bits per heavy atom. The quantitative estimate of drug-likeness (QED) is 0.650. The van der Waals surface area contributed by atoms with Gasteiger partial charge in [-0.1, -0.05) is 12.1 Å². The van der Waals surface area contributed by atoms with E-state index in [2.05, 4.69) is 27.5 Å². The SMILES string of the molecule is c1cnn(CCNCc2ccc(OCc3cscn3)cc2)c1. The van der Waals surface area contributed by atoms with E-state index in [1.54, 1.807) is 17.5 Å². The van der Waals surface area contributed by atoms with E-state index in [1.807, 2.05) is 40.0 Å². The number of nitrogens with one attached hydrogen (secondary N) is 1. The summed E-state index contributed by atoms with van der Waals surface area (Å²) in [5.41, 5.74) is 4.02. The molecule has 0 saturated heterocycles. The number of aromatic nitrogens is 3. The molecule has 0 aliphatic heterocycles. The summed E-state index contributed by atoms with van der Waals surface area (Å²) in [7, 11) is 0. The van der Waals surface area contributed by atoms with Crippen molar-refractivity contribution in [2.45, 2.75) is 19.7 Å². The van der Waals surface area contributed by atoms with Crippen LogP contribution in [0.1, 0.15) is 11.3 Å². The molecule has 0 spiro atoms. The van der Waals surface area contributed by atoms with Crippen LogP contribution in [0.3, 0.4) is 0 Å². The number of hydrogen-bond acceptors (Lipinski definition) is 5. The Balaban J connectivity index is 1.39. The van der Waals surface area contributed by atoms with Crippen molar-refractivity contribution in [3.05, 3.63) is 64.9 Å². The van der Waals surface area contributed by atoms with Crippen LogP contribution < -0.4 is 10.1 Å². The molecule has 1 N–H and O–H groups in total. The summed E-state index contributed by atoms with van der Waals surface area (Å²) in [6.45, 7) is 3.13. The third-order valence-corrected chi connectivity index (χ3v) is 3.83. The highest BCUT2D eigenvalue weighted by Crippen LogP contribution is 2.14. The summed E-state index contributed by atoms with van der Waals surface area (Å²) >= 11 is 1.58. The highest BCUT2D eigenvalue weighted by Gasteiger charge is 1.99. The Morgan fingerprint density at radius 2 is 2.14 bits per heavy atom. The molecule has 0 atom stereocenters. The average Bonchev–Trinajstić information content (AvgIpc) is 3.24. The largest absolute Gasteiger partial charge is 0.487 e. The van der Waals surface area contributed by atoms with E-state index >= 15 is 0 Å². The van der Waals surface area contributed by atoms with Crippen molar-refractivity contribution in [2.75, 3.05) is 6.54 Å². The van der Waals surface area contributed by atoms with Crippen LogP contribution in [-0.4, -0.2) is 21.3 Å². The lowest BCUT2D eigenvalue weighted by Gasteiger charge is -2.07. The van der Waals surface area contributed by atoms with E-state index in [9.17, 15) is 0 Å². The summed E-state index contributed by atoms with van der Waals surface area (Å²) in [4.78, 5) is 4.20.